The first-order valence-corrected chi connectivity index (χ1v) is 4.86. The summed E-state index contributed by atoms with van der Waals surface area (Å²) in [5.74, 6) is -0.256. The van der Waals surface area contributed by atoms with Gasteiger partial charge in [-0.3, -0.25) is 9.98 Å². The third kappa shape index (κ3) is 2.03. The number of carbonyl (C=O) groups is 1. The summed E-state index contributed by atoms with van der Waals surface area (Å²) >= 11 is 0. The summed E-state index contributed by atoms with van der Waals surface area (Å²) in [5.41, 5.74) is 1.93. The molecule has 0 aliphatic carbocycles. The Morgan fingerprint density at radius 3 is 3.13 bits per heavy atom. The van der Waals surface area contributed by atoms with Crippen LogP contribution in [0.25, 0.3) is 0 Å². The first kappa shape index (κ1) is 9.83. The van der Waals surface area contributed by atoms with Crippen LogP contribution in [0.15, 0.2) is 29.5 Å². The van der Waals surface area contributed by atoms with Crippen molar-refractivity contribution in [3.63, 3.8) is 0 Å². The van der Waals surface area contributed by atoms with Gasteiger partial charge in [0.2, 0.25) is 0 Å². The fourth-order valence-corrected chi connectivity index (χ4v) is 1.65. The van der Waals surface area contributed by atoms with Gasteiger partial charge < -0.3 is 4.74 Å². The van der Waals surface area contributed by atoms with Crippen LogP contribution in [0.2, 0.25) is 0 Å². The van der Waals surface area contributed by atoms with Crippen molar-refractivity contribution in [3.8, 4) is 0 Å². The summed E-state index contributed by atoms with van der Waals surface area (Å²) in [6, 6.07) is 3.49. The molecule has 4 heteroatoms. The largest absolute Gasteiger partial charge is 0.467 e. The first-order valence-electron chi connectivity index (χ1n) is 4.86. The third-order valence-corrected chi connectivity index (χ3v) is 2.43. The number of hydrogen-bond acceptors (Lipinski definition) is 4. The van der Waals surface area contributed by atoms with Crippen LogP contribution >= 0.6 is 0 Å². The maximum atomic E-state index is 11.2. The lowest BCUT2D eigenvalue weighted by molar-refractivity contribution is -0.141. The summed E-state index contributed by atoms with van der Waals surface area (Å²) < 4.78 is 4.66. The van der Waals surface area contributed by atoms with E-state index in [-0.39, 0.29) is 12.0 Å². The predicted octanol–water partition coefficient (Wildman–Crippen LogP) is 1.21. The molecule has 1 aliphatic heterocycles. The molecule has 1 aromatic heterocycles. The van der Waals surface area contributed by atoms with Gasteiger partial charge in [0.15, 0.2) is 0 Å². The average molecular weight is 204 g/mol. The van der Waals surface area contributed by atoms with Crippen LogP contribution in [0.3, 0.4) is 0 Å². The van der Waals surface area contributed by atoms with Crippen LogP contribution < -0.4 is 0 Å². The van der Waals surface area contributed by atoms with Gasteiger partial charge in [-0.1, -0.05) is 6.07 Å². The number of pyridine rings is 1. The van der Waals surface area contributed by atoms with E-state index in [2.05, 4.69) is 14.7 Å². The average Bonchev–Trinajstić information content (AvgIpc) is 2.78. The lowest BCUT2D eigenvalue weighted by Crippen LogP contribution is -2.16. The molecule has 0 aromatic carbocycles. The van der Waals surface area contributed by atoms with Gasteiger partial charge in [0.25, 0.3) is 0 Å². The summed E-state index contributed by atoms with van der Waals surface area (Å²) in [6.45, 7) is 0. The Balaban J connectivity index is 2.17. The molecule has 2 rings (SSSR count). The Hall–Kier alpha value is -1.71. The van der Waals surface area contributed by atoms with Crippen molar-refractivity contribution in [1.29, 1.82) is 0 Å². The number of nitrogens with zero attached hydrogens (tertiary/aromatic N) is 2. The molecule has 0 fully saturated rings. The zero-order valence-corrected chi connectivity index (χ0v) is 8.51. The molecular formula is C11H12N2O2. The monoisotopic (exact) mass is 204 g/mol. The Labute approximate surface area is 88.0 Å². The minimum Gasteiger partial charge on any atom is -0.467 e. The van der Waals surface area contributed by atoms with Crippen molar-refractivity contribution in [2.24, 2.45) is 4.99 Å². The van der Waals surface area contributed by atoms with E-state index in [1.165, 1.54) is 7.11 Å². The van der Waals surface area contributed by atoms with Gasteiger partial charge in [0.1, 0.15) is 6.04 Å². The zero-order chi connectivity index (χ0) is 10.7. The highest BCUT2D eigenvalue weighted by atomic mass is 16.5. The second-order valence-corrected chi connectivity index (χ2v) is 3.40. The second kappa shape index (κ2) is 4.21. The molecule has 0 saturated carbocycles. The fourth-order valence-electron chi connectivity index (χ4n) is 1.65. The van der Waals surface area contributed by atoms with Crippen LogP contribution in [0.5, 0.6) is 0 Å². The van der Waals surface area contributed by atoms with E-state index in [4.69, 9.17) is 0 Å². The number of hydrogen-bond donors (Lipinski definition) is 0. The molecule has 0 N–H and O–H groups in total. The summed E-state index contributed by atoms with van der Waals surface area (Å²) in [4.78, 5) is 19.6. The third-order valence-electron chi connectivity index (χ3n) is 2.43. The standard InChI is InChI=1S/C11H12N2O2/c1-15-11(14)10-5-4-9(13-10)8-3-2-6-12-7-8/h2-3,6-7,10H,4-5H2,1H3/t10-/m1/s1. The molecule has 0 bridgehead atoms. The Morgan fingerprint density at radius 2 is 2.47 bits per heavy atom. The van der Waals surface area contributed by atoms with Crippen molar-refractivity contribution in [3.05, 3.63) is 30.1 Å². The Kier molecular flexibility index (Phi) is 2.76. The van der Waals surface area contributed by atoms with Crippen LogP contribution in [-0.4, -0.2) is 29.8 Å². The zero-order valence-electron chi connectivity index (χ0n) is 8.51. The summed E-state index contributed by atoms with van der Waals surface area (Å²) in [6.07, 6.45) is 5.03. The maximum Gasteiger partial charge on any atom is 0.330 e. The molecule has 0 unspecified atom stereocenters. The maximum absolute atomic E-state index is 11.2. The molecule has 0 saturated heterocycles. The van der Waals surface area contributed by atoms with E-state index in [0.717, 1.165) is 24.1 Å². The van der Waals surface area contributed by atoms with Crippen molar-refractivity contribution < 1.29 is 9.53 Å². The molecule has 1 aliphatic rings. The summed E-state index contributed by atoms with van der Waals surface area (Å²) in [7, 11) is 1.39. The second-order valence-electron chi connectivity index (χ2n) is 3.40. The highest BCUT2D eigenvalue weighted by Crippen LogP contribution is 2.18. The Bertz CT molecular complexity index is 387. The van der Waals surface area contributed by atoms with Crippen LogP contribution in [0.1, 0.15) is 18.4 Å². The molecule has 4 nitrogen and oxygen atoms in total. The molecule has 78 valence electrons. The lowest BCUT2D eigenvalue weighted by Gasteiger charge is -2.01. The van der Waals surface area contributed by atoms with Crippen molar-refractivity contribution in [2.45, 2.75) is 18.9 Å². The predicted molar refractivity (Wildman–Crippen MR) is 55.8 cm³/mol. The summed E-state index contributed by atoms with van der Waals surface area (Å²) in [5, 5.41) is 0. The minimum absolute atomic E-state index is 0.256. The number of ether oxygens (including phenoxy) is 1. The van der Waals surface area contributed by atoms with Crippen molar-refractivity contribution >= 4 is 11.7 Å². The smallest absolute Gasteiger partial charge is 0.330 e. The number of aromatic nitrogens is 1. The number of carbonyl (C=O) groups excluding carboxylic acids is 1. The normalized spacial score (nSPS) is 19.8. The van der Waals surface area contributed by atoms with E-state index < -0.39 is 0 Å². The highest BCUT2D eigenvalue weighted by molar-refractivity contribution is 6.03. The molecule has 0 spiro atoms. The van der Waals surface area contributed by atoms with Crippen molar-refractivity contribution in [1.82, 2.24) is 4.98 Å². The van der Waals surface area contributed by atoms with E-state index in [9.17, 15) is 4.79 Å². The van der Waals surface area contributed by atoms with Gasteiger partial charge in [-0.05, 0) is 18.9 Å². The van der Waals surface area contributed by atoms with Gasteiger partial charge >= 0.3 is 5.97 Å². The van der Waals surface area contributed by atoms with Crippen molar-refractivity contribution in [2.75, 3.05) is 7.11 Å². The molecule has 15 heavy (non-hydrogen) atoms. The van der Waals surface area contributed by atoms with Gasteiger partial charge in [0.05, 0.1) is 7.11 Å². The number of rotatable bonds is 2. The van der Waals surface area contributed by atoms with Crippen LogP contribution in [0.4, 0.5) is 0 Å². The minimum atomic E-state index is -0.329. The lowest BCUT2D eigenvalue weighted by atomic mass is 10.1. The van der Waals surface area contributed by atoms with Gasteiger partial charge in [-0.15, -0.1) is 0 Å². The molecule has 1 aromatic rings. The molecule has 0 radical (unpaired) electrons. The fraction of sp³-hybridized carbons (Fsp3) is 0.364. The van der Waals surface area contributed by atoms with Gasteiger partial charge in [-0.2, -0.15) is 0 Å². The number of esters is 1. The van der Waals surface area contributed by atoms with E-state index in [0.29, 0.717) is 0 Å². The number of methoxy groups -OCH3 is 1. The first-order chi connectivity index (χ1) is 7.31. The SMILES string of the molecule is COC(=O)[C@H]1CCC(c2cccnc2)=N1. The molecule has 0 amide bonds. The molecule has 2 heterocycles. The molecule has 1 atom stereocenters. The van der Waals surface area contributed by atoms with E-state index in [1.807, 2.05) is 12.1 Å². The van der Waals surface area contributed by atoms with Crippen LogP contribution in [0, 0.1) is 0 Å². The van der Waals surface area contributed by atoms with Gasteiger partial charge in [0, 0.05) is 23.7 Å². The molecular weight excluding hydrogens is 192 g/mol. The van der Waals surface area contributed by atoms with E-state index in [1.54, 1.807) is 12.4 Å². The Morgan fingerprint density at radius 1 is 1.60 bits per heavy atom. The highest BCUT2D eigenvalue weighted by Gasteiger charge is 2.25. The van der Waals surface area contributed by atoms with Gasteiger partial charge in [-0.25, -0.2) is 4.79 Å². The number of aliphatic imine (C=N–C) groups is 1. The van der Waals surface area contributed by atoms with Crippen LogP contribution in [-0.2, 0) is 9.53 Å². The quantitative estimate of drug-likeness (QED) is 0.680. The topological polar surface area (TPSA) is 51.5 Å². The van der Waals surface area contributed by atoms with E-state index >= 15 is 0 Å².